The summed E-state index contributed by atoms with van der Waals surface area (Å²) in [6.45, 7) is 6.45. The first-order valence-corrected chi connectivity index (χ1v) is 7.81. The van der Waals surface area contributed by atoms with Gasteiger partial charge in [-0.05, 0) is 55.2 Å². The summed E-state index contributed by atoms with van der Waals surface area (Å²) >= 11 is 5.93. The van der Waals surface area contributed by atoms with Gasteiger partial charge in [0.15, 0.2) is 0 Å². The summed E-state index contributed by atoms with van der Waals surface area (Å²) in [6, 6.07) is 10.7. The molecule has 0 N–H and O–H groups in total. The quantitative estimate of drug-likeness (QED) is 0.627. The Morgan fingerprint density at radius 3 is 2.57 bits per heavy atom. The van der Waals surface area contributed by atoms with Crippen LogP contribution in [0.1, 0.15) is 29.3 Å². The fourth-order valence-corrected chi connectivity index (χ4v) is 2.84. The lowest BCUT2D eigenvalue weighted by Crippen LogP contribution is -1.93. The molecule has 0 amide bonds. The minimum absolute atomic E-state index is 0.518. The normalized spacial score (nSPS) is 11.2. The largest absolute Gasteiger partial charge is 0.303 e. The van der Waals surface area contributed by atoms with Crippen molar-refractivity contribution in [3.63, 3.8) is 0 Å². The van der Waals surface area contributed by atoms with Crippen LogP contribution >= 0.6 is 11.6 Å². The van der Waals surface area contributed by atoms with Crippen molar-refractivity contribution in [3.8, 4) is 11.3 Å². The highest BCUT2D eigenvalue weighted by Gasteiger charge is 2.13. The molecule has 3 aromatic rings. The van der Waals surface area contributed by atoms with Crippen LogP contribution in [0.5, 0.6) is 0 Å². The van der Waals surface area contributed by atoms with Crippen LogP contribution in [0.3, 0.4) is 0 Å². The minimum atomic E-state index is 0.518. The number of aromatic nitrogens is 2. The second kappa shape index (κ2) is 5.53. The van der Waals surface area contributed by atoms with Gasteiger partial charge in [-0.15, -0.1) is 11.6 Å². The Morgan fingerprint density at radius 2 is 1.90 bits per heavy atom. The molecule has 2 aromatic heterocycles. The van der Waals surface area contributed by atoms with E-state index in [1.165, 1.54) is 22.4 Å². The summed E-state index contributed by atoms with van der Waals surface area (Å²) in [6.07, 6.45) is 3.02. The van der Waals surface area contributed by atoms with Gasteiger partial charge in [0, 0.05) is 17.6 Å². The zero-order chi connectivity index (χ0) is 15.0. The van der Waals surface area contributed by atoms with Crippen LogP contribution in [0.15, 0.2) is 36.5 Å². The highest BCUT2D eigenvalue weighted by molar-refractivity contribution is 6.17. The lowest BCUT2D eigenvalue weighted by molar-refractivity contribution is 0.994. The van der Waals surface area contributed by atoms with Gasteiger partial charge >= 0.3 is 0 Å². The fraction of sp³-hybridized carbons (Fsp3) is 0.278. The van der Waals surface area contributed by atoms with Gasteiger partial charge in [-0.3, -0.25) is 0 Å². The Morgan fingerprint density at radius 1 is 1.10 bits per heavy atom. The lowest BCUT2D eigenvalue weighted by atomic mass is 10.0. The molecule has 0 aliphatic carbocycles. The molecule has 0 spiro atoms. The molecule has 0 saturated carbocycles. The number of alkyl halides is 1. The molecule has 2 nitrogen and oxygen atoms in total. The van der Waals surface area contributed by atoms with Crippen molar-refractivity contribution < 1.29 is 0 Å². The zero-order valence-corrected chi connectivity index (χ0v) is 13.4. The van der Waals surface area contributed by atoms with Gasteiger partial charge in [0.25, 0.3) is 0 Å². The first-order valence-electron chi connectivity index (χ1n) is 7.27. The Labute approximate surface area is 130 Å². The van der Waals surface area contributed by atoms with Crippen LogP contribution in [-0.4, -0.2) is 9.38 Å². The molecule has 0 aliphatic heterocycles. The Bertz CT molecular complexity index is 802. The summed E-state index contributed by atoms with van der Waals surface area (Å²) in [5.74, 6) is 0.518. The molecule has 0 aliphatic rings. The van der Waals surface area contributed by atoms with E-state index in [1.54, 1.807) is 0 Å². The van der Waals surface area contributed by atoms with Crippen molar-refractivity contribution in [2.45, 2.75) is 33.1 Å². The first-order chi connectivity index (χ1) is 10.1. The van der Waals surface area contributed by atoms with Gasteiger partial charge in [-0.25, -0.2) is 4.98 Å². The first kappa shape index (κ1) is 14.2. The van der Waals surface area contributed by atoms with Crippen molar-refractivity contribution >= 4 is 17.2 Å². The van der Waals surface area contributed by atoms with Crippen LogP contribution in [0.25, 0.3) is 16.9 Å². The predicted molar refractivity (Wildman–Crippen MR) is 89.0 cm³/mol. The van der Waals surface area contributed by atoms with Crippen molar-refractivity contribution in [2.75, 3.05) is 0 Å². The van der Waals surface area contributed by atoms with Crippen molar-refractivity contribution in [1.29, 1.82) is 0 Å². The second-order valence-electron chi connectivity index (χ2n) is 5.46. The topological polar surface area (TPSA) is 17.3 Å². The monoisotopic (exact) mass is 298 g/mol. The number of aryl methyl sites for hydroxylation is 3. The molecule has 1 aromatic carbocycles. The van der Waals surface area contributed by atoms with E-state index in [4.69, 9.17) is 16.6 Å². The van der Waals surface area contributed by atoms with E-state index in [9.17, 15) is 0 Å². The molecule has 0 fully saturated rings. The van der Waals surface area contributed by atoms with Gasteiger partial charge in [0.05, 0.1) is 11.4 Å². The van der Waals surface area contributed by atoms with Crippen LogP contribution in [0.2, 0.25) is 0 Å². The lowest BCUT2D eigenvalue weighted by Gasteiger charge is -2.05. The molecule has 0 bridgehead atoms. The standard InChI is InChI=1S/C18H19ClN2/c1-4-16-18(15-6-5-12(2)13(3)9-15)20-17-10-14(11-19)7-8-21(16)17/h5-10H,4,11H2,1-3H3. The second-order valence-corrected chi connectivity index (χ2v) is 5.72. The molecule has 21 heavy (non-hydrogen) atoms. The van der Waals surface area contributed by atoms with Crippen LogP contribution in [0.4, 0.5) is 0 Å². The van der Waals surface area contributed by atoms with E-state index in [0.717, 1.165) is 23.3 Å². The number of imidazole rings is 1. The predicted octanol–water partition coefficient (Wildman–Crippen LogP) is 4.92. The Balaban J connectivity index is 2.23. The van der Waals surface area contributed by atoms with E-state index in [0.29, 0.717) is 5.88 Å². The summed E-state index contributed by atoms with van der Waals surface area (Å²) in [7, 11) is 0. The third-order valence-electron chi connectivity index (χ3n) is 4.06. The maximum Gasteiger partial charge on any atom is 0.137 e. The third-order valence-corrected chi connectivity index (χ3v) is 4.37. The molecular formula is C18H19ClN2. The molecule has 0 radical (unpaired) electrons. The SMILES string of the molecule is CCc1c(-c2ccc(C)c(C)c2)nc2cc(CCl)ccn12. The maximum atomic E-state index is 5.93. The van der Waals surface area contributed by atoms with Crippen molar-refractivity contribution in [2.24, 2.45) is 0 Å². The highest BCUT2D eigenvalue weighted by Crippen LogP contribution is 2.27. The van der Waals surface area contributed by atoms with Gasteiger partial charge in [-0.2, -0.15) is 0 Å². The molecule has 2 heterocycles. The van der Waals surface area contributed by atoms with E-state index < -0.39 is 0 Å². The average Bonchev–Trinajstić information content (AvgIpc) is 2.87. The van der Waals surface area contributed by atoms with Gasteiger partial charge in [-0.1, -0.05) is 19.1 Å². The Hall–Kier alpha value is -1.80. The van der Waals surface area contributed by atoms with Crippen LogP contribution in [0, 0.1) is 13.8 Å². The zero-order valence-electron chi connectivity index (χ0n) is 12.7. The van der Waals surface area contributed by atoms with E-state index >= 15 is 0 Å². The molecule has 0 unspecified atom stereocenters. The van der Waals surface area contributed by atoms with Crippen LogP contribution < -0.4 is 0 Å². The van der Waals surface area contributed by atoms with Crippen LogP contribution in [-0.2, 0) is 12.3 Å². The maximum absolute atomic E-state index is 5.93. The molecule has 3 rings (SSSR count). The third kappa shape index (κ3) is 2.44. The number of hydrogen-bond donors (Lipinski definition) is 0. The number of rotatable bonds is 3. The molecule has 108 valence electrons. The molecule has 0 saturated heterocycles. The van der Waals surface area contributed by atoms with E-state index in [2.05, 4.69) is 61.7 Å². The molecular weight excluding hydrogens is 280 g/mol. The minimum Gasteiger partial charge on any atom is -0.303 e. The van der Waals surface area contributed by atoms with Gasteiger partial charge in [0.1, 0.15) is 5.65 Å². The number of benzene rings is 1. The molecule has 3 heteroatoms. The number of nitrogens with zero attached hydrogens (tertiary/aromatic N) is 2. The smallest absolute Gasteiger partial charge is 0.137 e. The van der Waals surface area contributed by atoms with E-state index in [1.807, 2.05) is 0 Å². The average molecular weight is 299 g/mol. The summed E-state index contributed by atoms with van der Waals surface area (Å²) in [4.78, 5) is 4.84. The Kier molecular flexibility index (Phi) is 3.73. The number of pyridine rings is 1. The van der Waals surface area contributed by atoms with Gasteiger partial charge in [0.2, 0.25) is 0 Å². The van der Waals surface area contributed by atoms with Crippen molar-refractivity contribution in [1.82, 2.24) is 9.38 Å². The van der Waals surface area contributed by atoms with Crippen molar-refractivity contribution in [3.05, 3.63) is 58.9 Å². The molecule has 0 atom stereocenters. The number of hydrogen-bond acceptors (Lipinski definition) is 1. The highest BCUT2D eigenvalue weighted by atomic mass is 35.5. The summed E-state index contributed by atoms with van der Waals surface area (Å²) in [5, 5.41) is 0. The fourth-order valence-electron chi connectivity index (χ4n) is 2.68. The van der Waals surface area contributed by atoms with Gasteiger partial charge < -0.3 is 4.40 Å². The van der Waals surface area contributed by atoms with E-state index in [-0.39, 0.29) is 0 Å². The number of fused-ring (bicyclic) bond motifs is 1. The summed E-state index contributed by atoms with van der Waals surface area (Å²) < 4.78 is 2.17. The summed E-state index contributed by atoms with van der Waals surface area (Å²) in [5.41, 5.74) is 8.19. The number of halogens is 1.